The van der Waals surface area contributed by atoms with Gasteiger partial charge in [0, 0.05) is 31.2 Å². The topological polar surface area (TPSA) is 64.1 Å². The van der Waals surface area contributed by atoms with Crippen LogP contribution in [0.5, 0.6) is 11.5 Å². The Hall–Kier alpha value is -2.39. The van der Waals surface area contributed by atoms with Crippen LogP contribution in [0, 0.1) is 6.92 Å². The average molecular weight is 476 g/mol. The van der Waals surface area contributed by atoms with Crippen molar-refractivity contribution >= 4 is 44.2 Å². The monoisotopic (exact) mass is 475 g/mol. The highest BCUT2D eigenvalue weighted by atomic mass is 35.5. The van der Waals surface area contributed by atoms with Gasteiger partial charge < -0.3 is 14.2 Å². The molecule has 0 radical (unpaired) electrons. The van der Waals surface area contributed by atoms with Crippen LogP contribution in [0.1, 0.15) is 15.9 Å². The summed E-state index contributed by atoms with van der Waals surface area (Å²) in [7, 11) is 3.17. The smallest absolute Gasteiger partial charge is 0.263 e. The summed E-state index contributed by atoms with van der Waals surface area (Å²) in [6, 6.07) is 8.97. The number of rotatable bonds is 7. The van der Waals surface area contributed by atoms with Crippen molar-refractivity contribution in [1.82, 2.24) is 9.88 Å². The summed E-state index contributed by atoms with van der Waals surface area (Å²) in [4.78, 5) is 22.6. The van der Waals surface area contributed by atoms with Gasteiger partial charge in [-0.15, -0.1) is 0 Å². The Morgan fingerprint density at radius 2 is 1.91 bits per heavy atom. The van der Waals surface area contributed by atoms with Crippen molar-refractivity contribution in [1.29, 1.82) is 0 Å². The van der Waals surface area contributed by atoms with Gasteiger partial charge in [0.1, 0.15) is 17.0 Å². The largest absolute Gasteiger partial charge is 0.496 e. The van der Waals surface area contributed by atoms with Gasteiger partial charge in [-0.1, -0.05) is 29.0 Å². The Morgan fingerprint density at radius 1 is 1.19 bits per heavy atom. The van der Waals surface area contributed by atoms with Crippen LogP contribution in [0.4, 0.5) is 5.13 Å². The molecule has 1 fully saturated rings. The fourth-order valence-corrected chi connectivity index (χ4v) is 4.97. The molecule has 0 spiro atoms. The third-order valence-electron chi connectivity index (χ3n) is 5.52. The SMILES string of the molecule is COc1ccc(Cl)cc1C(=O)N(CCN1CCOCC1)c1nc2c(OC)ccc(C)c2s1. The molecule has 1 saturated heterocycles. The number of aromatic nitrogens is 1. The minimum absolute atomic E-state index is 0.201. The summed E-state index contributed by atoms with van der Waals surface area (Å²) in [5.41, 5.74) is 2.25. The number of carbonyl (C=O) groups excluding carboxylic acids is 1. The predicted molar refractivity (Wildman–Crippen MR) is 128 cm³/mol. The predicted octanol–water partition coefficient (Wildman–Crippen LogP) is 4.25. The van der Waals surface area contributed by atoms with E-state index in [1.54, 1.807) is 37.3 Å². The summed E-state index contributed by atoms with van der Waals surface area (Å²) >= 11 is 7.70. The normalized spacial score (nSPS) is 14.5. The van der Waals surface area contributed by atoms with Crippen molar-refractivity contribution in [2.75, 3.05) is 58.5 Å². The zero-order valence-electron chi connectivity index (χ0n) is 18.4. The van der Waals surface area contributed by atoms with Crippen LogP contribution >= 0.6 is 22.9 Å². The van der Waals surface area contributed by atoms with Gasteiger partial charge in [0.25, 0.3) is 5.91 Å². The molecule has 9 heteroatoms. The molecule has 2 aromatic carbocycles. The Balaban J connectivity index is 1.74. The van der Waals surface area contributed by atoms with Crippen LogP contribution in [-0.2, 0) is 4.74 Å². The van der Waals surface area contributed by atoms with Crippen molar-refractivity contribution < 1.29 is 19.0 Å². The minimum Gasteiger partial charge on any atom is -0.496 e. The minimum atomic E-state index is -0.201. The fourth-order valence-electron chi connectivity index (χ4n) is 3.72. The zero-order chi connectivity index (χ0) is 22.7. The summed E-state index contributed by atoms with van der Waals surface area (Å²) < 4.78 is 17.4. The lowest BCUT2D eigenvalue weighted by Gasteiger charge is -2.29. The second-order valence-electron chi connectivity index (χ2n) is 7.51. The first kappa shape index (κ1) is 22.8. The Labute approximate surface area is 196 Å². The van der Waals surface area contributed by atoms with E-state index in [0.717, 1.165) is 28.9 Å². The number of methoxy groups -OCH3 is 2. The zero-order valence-corrected chi connectivity index (χ0v) is 20.0. The first-order chi connectivity index (χ1) is 15.5. The molecule has 32 heavy (non-hydrogen) atoms. The molecule has 2 heterocycles. The van der Waals surface area contributed by atoms with E-state index in [1.165, 1.54) is 11.3 Å². The molecule has 1 aromatic heterocycles. The Bertz CT molecular complexity index is 1110. The van der Waals surface area contributed by atoms with Gasteiger partial charge in [0.15, 0.2) is 5.13 Å². The number of halogens is 1. The molecule has 0 N–H and O–H groups in total. The molecule has 4 rings (SSSR count). The van der Waals surface area contributed by atoms with Crippen molar-refractivity contribution in [2.45, 2.75) is 6.92 Å². The molecule has 3 aromatic rings. The van der Waals surface area contributed by atoms with E-state index in [0.29, 0.717) is 53.5 Å². The summed E-state index contributed by atoms with van der Waals surface area (Å²) in [6.45, 7) is 6.31. The lowest BCUT2D eigenvalue weighted by molar-refractivity contribution is 0.0391. The molecule has 0 saturated carbocycles. The molecule has 0 bridgehead atoms. The molecule has 1 aliphatic heterocycles. The summed E-state index contributed by atoms with van der Waals surface area (Å²) in [5.74, 6) is 0.966. The van der Waals surface area contributed by atoms with E-state index < -0.39 is 0 Å². The van der Waals surface area contributed by atoms with Crippen LogP contribution in [0.3, 0.4) is 0 Å². The third kappa shape index (κ3) is 4.68. The lowest BCUT2D eigenvalue weighted by atomic mass is 10.1. The first-order valence-electron chi connectivity index (χ1n) is 10.4. The van der Waals surface area contributed by atoms with E-state index in [1.807, 2.05) is 19.1 Å². The second-order valence-corrected chi connectivity index (χ2v) is 8.93. The van der Waals surface area contributed by atoms with E-state index >= 15 is 0 Å². The number of aryl methyl sites for hydroxylation is 1. The Morgan fingerprint density at radius 3 is 2.62 bits per heavy atom. The number of benzene rings is 2. The van der Waals surface area contributed by atoms with Gasteiger partial charge in [-0.05, 0) is 36.8 Å². The van der Waals surface area contributed by atoms with Gasteiger partial charge in [-0.2, -0.15) is 0 Å². The molecular formula is C23H26ClN3O4S. The molecular weight excluding hydrogens is 450 g/mol. The molecule has 170 valence electrons. The van der Waals surface area contributed by atoms with Crippen molar-refractivity contribution in [2.24, 2.45) is 0 Å². The summed E-state index contributed by atoms with van der Waals surface area (Å²) in [5, 5.41) is 1.09. The Kier molecular flexibility index (Phi) is 7.15. The van der Waals surface area contributed by atoms with Gasteiger partial charge in [-0.3, -0.25) is 14.6 Å². The van der Waals surface area contributed by atoms with E-state index in [4.69, 9.17) is 30.8 Å². The number of thiazole rings is 1. The highest BCUT2D eigenvalue weighted by Gasteiger charge is 2.26. The van der Waals surface area contributed by atoms with Gasteiger partial charge in [0.2, 0.25) is 0 Å². The highest BCUT2D eigenvalue weighted by molar-refractivity contribution is 7.22. The number of carbonyl (C=O) groups is 1. The lowest BCUT2D eigenvalue weighted by Crippen LogP contribution is -2.43. The number of morpholine rings is 1. The molecule has 0 unspecified atom stereocenters. The molecule has 1 amide bonds. The van der Waals surface area contributed by atoms with Gasteiger partial charge in [0.05, 0.1) is 37.7 Å². The number of hydrogen-bond donors (Lipinski definition) is 0. The number of anilines is 1. The van der Waals surface area contributed by atoms with Crippen LogP contribution < -0.4 is 14.4 Å². The second kappa shape index (κ2) is 10.0. The highest BCUT2D eigenvalue weighted by Crippen LogP contribution is 2.37. The maximum absolute atomic E-state index is 13.7. The number of nitrogens with zero attached hydrogens (tertiary/aromatic N) is 3. The van der Waals surface area contributed by atoms with Crippen molar-refractivity contribution in [3.05, 3.63) is 46.5 Å². The van der Waals surface area contributed by atoms with Gasteiger partial charge >= 0.3 is 0 Å². The van der Waals surface area contributed by atoms with Crippen molar-refractivity contribution in [3.8, 4) is 11.5 Å². The van der Waals surface area contributed by atoms with Crippen molar-refractivity contribution in [3.63, 3.8) is 0 Å². The number of fused-ring (bicyclic) bond motifs is 1. The van der Waals surface area contributed by atoms with E-state index in [9.17, 15) is 4.79 Å². The fraction of sp³-hybridized carbons (Fsp3) is 0.391. The molecule has 0 aliphatic carbocycles. The van der Waals surface area contributed by atoms with Crippen LogP contribution in [0.15, 0.2) is 30.3 Å². The summed E-state index contributed by atoms with van der Waals surface area (Å²) in [6.07, 6.45) is 0. The third-order valence-corrected chi connectivity index (χ3v) is 6.97. The number of hydrogen-bond acceptors (Lipinski definition) is 7. The van der Waals surface area contributed by atoms with E-state index in [-0.39, 0.29) is 5.91 Å². The molecule has 1 aliphatic rings. The van der Waals surface area contributed by atoms with Crippen LogP contribution in [-0.4, -0.2) is 69.4 Å². The maximum atomic E-state index is 13.7. The number of ether oxygens (including phenoxy) is 3. The number of amides is 1. The first-order valence-corrected chi connectivity index (χ1v) is 11.6. The molecule has 0 atom stereocenters. The molecule has 7 nitrogen and oxygen atoms in total. The van der Waals surface area contributed by atoms with Gasteiger partial charge in [-0.25, -0.2) is 4.98 Å². The maximum Gasteiger partial charge on any atom is 0.263 e. The standard InChI is InChI=1S/C23H26ClN3O4S/c1-15-4-6-19(30-3)20-21(15)32-23(25-20)27(9-8-26-10-12-31-13-11-26)22(28)17-14-16(24)5-7-18(17)29-2/h4-7,14H,8-13H2,1-3H3. The van der Waals surface area contributed by atoms with Crippen LogP contribution in [0.2, 0.25) is 5.02 Å². The quantitative estimate of drug-likeness (QED) is 0.509. The average Bonchev–Trinajstić information content (AvgIpc) is 3.26. The van der Waals surface area contributed by atoms with Crippen LogP contribution in [0.25, 0.3) is 10.2 Å². The van der Waals surface area contributed by atoms with E-state index in [2.05, 4.69) is 4.90 Å².